The highest BCUT2D eigenvalue weighted by atomic mass is 35.5. The van der Waals surface area contributed by atoms with Crippen LogP contribution in [0.2, 0.25) is 10.0 Å². The minimum atomic E-state index is -0.374. The fourth-order valence-corrected chi connectivity index (χ4v) is 4.25. The number of carbonyl (C=O) groups excluding carboxylic acids is 1. The molecule has 2 N–H and O–H groups in total. The summed E-state index contributed by atoms with van der Waals surface area (Å²) in [6, 6.07) is 5.31. The van der Waals surface area contributed by atoms with E-state index in [0.717, 1.165) is 23.4 Å². The summed E-state index contributed by atoms with van der Waals surface area (Å²) in [5.41, 5.74) is 6.74. The molecule has 1 amide bonds. The van der Waals surface area contributed by atoms with E-state index in [-0.39, 0.29) is 17.9 Å². The van der Waals surface area contributed by atoms with Gasteiger partial charge in [-0.3, -0.25) is 14.2 Å². The van der Waals surface area contributed by atoms with Crippen molar-refractivity contribution in [2.45, 2.75) is 39.2 Å². The maximum atomic E-state index is 13.3. The van der Waals surface area contributed by atoms with Crippen molar-refractivity contribution >= 4 is 50.7 Å². The predicted molar refractivity (Wildman–Crippen MR) is 112 cm³/mol. The molecular formula is C19H19Cl2N3O2S. The number of nitrogens with zero attached hydrogens (tertiary/aromatic N) is 2. The van der Waals surface area contributed by atoms with E-state index in [1.165, 1.54) is 11.3 Å². The number of aromatic nitrogens is 2. The Bertz CT molecular complexity index is 1060. The first-order valence-electron chi connectivity index (χ1n) is 8.67. The van der Waals surface area contributed by atoms with Crippen molar-refractivity contribution in [3.8, 4) is 11.1 Å². The molecular weight excluding hydrogens is 405 g/mol. The van der Waals surface area contributed by atoms with E-state index >= 15 is 0 Å². The second kappa shape index (κ2) is 8.42. The Morgan fingerprint density at radius 2 is 2.07 bits per heavy atom. The van der Waals surface area contributed by atoms with Gasteiger partial charge < -0.3 is 5.73 Å². The quantitative estimate of drug-likeness (QED) is 0.600. The molecule has 0 fully saturated rings. The Kier molecular flexibility index (Phi) is 6.19. The molecule has 142 valence electrons. The number of fused-ring (bicyclic) bond motifs is 1. The Morgan fingerprint density at radius 3 is 2.74 bits per heavy atom. The number of primary amides is 1. The Morgan fingerprint density at radius 1 is 1.30 bits per heavy atom. The molecule has 0 saturated carbocycles. The maximum Gasteiger partial charge on any atom is 0.262 e. The van der Waals surface area contributed by atoms with Gasteiger partial charge in [0.25, 0.3) is 5.56 Å². The van der Waals surface area contributed by atoms with Crippen molar-refractivity contribution in [1.82, 2.24) is 9.55 Å². The standard InChI is InChI=1S/C19H19Cl2N3O2S/c1-2-4-16-23-18-17(19(26)24(16)8-3-5-15(22)25)12(10-27-18)11-6-7-13(20)14(21)9-11/h6-7,9-10H,2-5,8H2,1H3,(H2,22,25). The summed E-state index contributed by atoms with van der Waals surface area (Å²) in [5.74, 6) is 0.364. The zero-order valence-electron chi connectivity index (χ0n) is 14.8. The largest absolute Gasteiger partial charge is 0.370 e. The van der Waals surface area contributed by atoms with Crippen molar-refractivity contribution in [2.24, 2.45) is 5.73 Å². The van der Waals surface area contributed by atoms with Gasteiger partial charge in [-0.2, -0.15) is 0 Å². The summed E-state index contributed by atoms with van der Waals surface area (Å²) in [6.07, 6.45) is 2.31. The highest BCUT2D eigenvalue weighted by molar-refractivity contribution is 7.17. The zero-order chi connectivity index (χ0) is 19.6. The van der Waals surface area contributed by atoms with Crippen LogP contribution in [0.5, 0.6) is 0 Å². The second-order valence-corrected chi connectivity index (χ2v) is 7.94. The number of halogens is 2. The highest BCUT2D eigenvalue weighted by Gasteiger charge is 2.17. The number of rotatable bonds is 7. The van der Waals surface area contributed by atoms with E-state index < -0.39 is 0 Å². The van der Waals surface area contributed by atoms with E-state index in [4.69, 9.17) is 33.9 Å². The van der Waals surface area contributed by atoms with E-state index in [1.807, 2.05) is 18.4 Å². The molecule has 8 heteroatoms. The Hall–Kier alpha value is -1.89. The number of aryl methyl sites for hydroxylation is 1. The van der Waals surface area contributed by atoms with Crippen LogP contribution in [-0.2, 0) is 17.8 Å². The SMILES string of the molecule is CCCc1nc2scc(-c3ccc(Cl)c(Cl)c3)c2c(=O)n1CCCC(N)=O. The van der Waals surface area contributed by atoms with Crippen LogP contribution < -0.4 is 11.3 Å². The lowest BCUT2D eigenvalue weighted by Crippen LogP contribution is -2.26. The summed E-state index contributed by atoms with van der Waals surface area (Å²) in [5, 5.41) is 3.39. The minimum Gasteiger partial charge on any atom is -0.370 e. The molecule has 0 radical (unpaired) electrons. The molecule has 0 aliphatic heterocycles. The number of benzene rings is 1. The molecule has 3 aromatic rings. The van der Waals surface area contributed by atoms with Crippen molar-refractivity contribution in [3.05, 3.63) is 49.8 Å². The van der Waals surface area contributed by atoms with E-state index in [9.17, 15) is 9.59 Å². The van der Waals surface area contributed by atoms with Gasteiger partial charge in [0.1, 0.15) is 10.7 Å². The first kappa shape index (κ1) is 19.9. The molecule has 5 nitrogen and oxygen atoms in total. The average molecular weight is 424 g/mol. The van der Waals surface area contributed by atoms with Crippen LogP contribution in [0.1, 0.15) is 32.0 Å². The molecule has 0 bridgehead atoms. The summed E-state index contributed by atoms with van der Waals surface area (Å²) in [6.45, 7) is 2.45. The lowest BCUT2D eigenvalue weighted by molar-refractivity contribution is -0.118. The van der Waals surface area contributed by atoms with Crippen molar-refractivity contribution in [1.29, 1.82) is 0 Å². The molecule has 0 saturated heterocycles. The van der Waals surface area contributed by atoms with Crippen LogP contribution in [0, 0.1) is 0 Å². The summed E-state index contributed by atoms with van der Waals surface area (Å²) in [7, 11) is 0. The van der Waals surface area contributed by atoms with Crippen LogP contribution in [0.25, 0.3) is 21.3 Å². The van der Waals surface area contributed by atoms with Crippen LogP contribution in [-0.4, -0.2) is 15.5 Å². The van der Waals surface area contributed by atoms with Crippen molar-refractivity contribution in [3.63, 3.8) is 0 Å². The second-order valence-electron chi connectivity index (χ2n) is 6.26. The molecule has 0 aliphatic carbocycles. The number of carbonyl (C=O) groups is 1. The average Bonchev–Trinajstić information content (AvgIpc) is 3.04. The molecule has 27 heavy (non-hydrogen) atoms. The molecule has 0 atom stereocenters. The predicted octanol–water partition coefficient (Wildman–Crippen LogP) is 4.65. The van der Waals surface area contributed by atoms with Gasteiger partial charge in [-0.25, -0.2) is 4.98 Å². The fraction of sp³-hybridized carbons (Fsp3) is 0.316. The van der Waals surface area contributed by atoms with E-state index in [1.54, 1.807) is 16.7 Å². The number of thiophene rings is 1. The Labute approximate surface area is 170 Å². The lowest BCUT2D eigenvalue weighted by atomic mass is 10.1. The molecule has 0 aliphatic rings. The molecule has 0 unspecified atom stereocenters. The van der Waals surface area contributed by atoms with E-state index in [0.29, 0.717) is 39.6 Å². The summed E-state index contributed by atoms with van der Waals surface area (Å²) in [4.78, 5) is 29.7. The Balaban J connectivity index is 2.14. The van der Waals surface area contributed by atoms with Gasteiger partial charge in [-0.15, -0.1) is 11.3 Å². The van der Waals surface area contributed by atoms with Crippen LogP contribution in [0.15, 0.2) is 28.4 Å². The van der Waals surface area contributed by atoms with Gasteiger partial charge >= 0.3 is 0 Å². The zero-order valence-corrected chi connectivity index (χ0v) is 17.1. The molecule has 3 rings (SSSR count). The first-order chi connectivity index (χ1) is 12.9. The van der Waals surface area contributed by atoms with Gasteiger partial charge in [0.15, 0.2) is 0 Å². The molecule has 1 aromatic carbocycles. The molecule has 2 aromatic heterocycles. The number of hydrogen-bond donors (Lipinski definition) is 1. The number of hydrogen-bond acceptors (Lipinski definition) is 4. The monoisotopic (exact) mass is 423 g/mol. The normalized spacial score (nSPS) is 11.2. The van der Waals surface area contributed by atoms with Crippen LogP contribution in [0.4, 0.5) is 0 Å². The van der Waals surface area contributed by atoms with E-state index in [2.05, 4.69) is 0 Å². The summed E-state index contributed by atoms with van der Waals surface area (Å²) < 4.78 is 1.67. The first-order valence-corrected chi connectivity index (χ1v) is 10.3. The van der Waals surface area contributed by atoms with Gasteiger partial charge in [0, 0.05) is 30.3 Å². The summed E-state index contributed by atoms with van der Waals surface area (Å²) >= 11 is 13.6. The minimum absolute atomic E-state index is 0.102. The number of nitrogens with two attached hydrogens (primary N) is 1. The number of amides is 1. The third-order valence-electron chi connectivity index (χ3n) is 4.28. The smallest absolute Gasteiger partial charge is 0.262 e. The van der Waals surface area contributed by atoms with Gasteiger partial charge in [-0.1, -0.05) is 36.2 Å². The van der Waals surface area contributed by atoms with Gasteiger partial charge in [0.05, 0.1) is 15.4 Å². The topological polar surface area (TPSA) is 78.0 Å². The third kappa shape index (κ3) is 4.18. The maximum absolute atomic E-state index is 13.3. The van der Waals surface area contributed by atoms with Crippen LogP contribution in [0.3, 0.4) is 0 Å². The molecule has 0 spiro atoms. The lowest BCUT2D eigenvalue weighted by Gasteiger charge is -2.12. The van der Waals surface area contributed by atoms with Crippen molar-refractivity contribution < 1.29 is 4.79 Å². The third-order valence-corrected chi connectivity index (χ3v) is 5.89. The highest BCUT2D eigenvalue weighted by Crippen LogP contribution is 2.34. The van der Waals surface area contributed by atoms with Crippen LogP contribution >= 0.6 is 34.5 Å². The fourth-order valence-electron chi connectivity index (χ4n) is 3.00. The molecule has 2 heterocycles. The van der Waals surface area contributed by atoms with Gasteiger partial charge in [-0.05, 0) is 30.5 Å². The van der Waals surface area contributed by atoms with Gasteiger partial charge in [0.2, 0.25) is 5.91 Å². The van der Waals surface area contributed by atoms with Crippen molar-refractivity contribution in [2.75, 3.05) is 0 Å².